The van der Waals surface area contributed by atoms with Crippen LogP contribution in [0.2, 0.25) is 0 Å². The minimum atomic E-state index is -1.07. The molecule has 0 radical (unpaired) electrons. The van der Waals surface area contributed by atoms with Crippen LogP contribution in [-0.2, 0) is 37.0 Å². The first-order valence-corrected chi connectivity index (χ1v) is 12.2. The van der Waals surface area contributed by atoms with Crippen molar-refractivity contribution in [3.05, 3.63) is 77.9 Å². The molecule has 2 N–H and O–H groups in total. The van der Waals surface area contributed by atoms with Gasteiger partial charge in [-0.25, -0.2) is 19.2 Å². The van der Waals surface area contributed by atoms with Crippen LogP contribution >= 0.6 is 0 Å². The van der Waals surface area contributed by atoms with Gasteiger partial charge < -0.3 is 29.6 Å². The quantitative estimate of drug-likeness (QED) is 0.265. The van der Waals surface area contributed by atoms with Gasteiger partial charge in [-0.3, -0.25) is 0 Å². The van der Waals surface area contributed by atoms with Crippen LogP contribution in [0.25, 0.3) is 0 Å². The number of carbonyl (C=O) groups is 4. The van der Waals surface area contributed by atoms with Gasteiger partial charge in [0.15, 0.2) is 0 Å². The molecule has 0 saturated carbocycles. The van der Waals surface area contributed by atoms with E-state index in [4.69, 9.17) is 18.9 Å². The molecule has 10 nitrogen and oxygen atoms in total. The van der Waals surface area contributed by atoms with E-state index in [1.807, 2.05) is 0 Å². The van der Waals surface area contributed by atoms with Crippen molar-refractivity contribution < 1.29 is 38.1 Å². The third-order valence-corrected chi connectivity index (χ3v) is 5.27. The second-order valence-corrected chi connectivity index (χ2v) is 9.53. The summed E-state index contributed by atoms with van der Waals surface area (Å²) >= 11 is 0. The first-order chi connectivity index (χ1) is 18.1. The fourth-order valence-corrected chi connectivity index (χ4v) is 3.43. The number of rotatable bonds is 3. The monoisotopic (exact) mass is 524 g/mol. The molecule has 2 amide bonds. The molecule has 0 aromatic heterocycles. The second-order valence-electron chi connectivity index (χ2n) is 9.53. The predicted molar refractivity (Wildman–Crippen MR) is 137 cm³/mol. The Morgan fingerprint density at radius 2 is 1.50 bits per heavy atom. The van der Waals surface area contributed by atoms with Gasteiger partial charge in [0.1, 0.15) is 36.6 Å². The van der Waals surface area contributed by atoms with Crippen molar-refractivity contribution in [1.29, 1.82) is 0 Å². The Morgan fingerprint density at radius 3 is 2.16 bits per heavy atom. The van der Waals surface area contributed by atoms with Crippen LogP contribution in [0.1, 0.15) is 44.7 Å². The maximum atomic E-state index is 12.9. The van der Waals surface area contributed by atoms with Crippen LogP contribution in [0.4, 0.5) is 9.59 Å². The summed E-state index contributed by atoms with van der Waals surface area (Å²) in [6.45, 7) is 4.92. The van der Waals surface area contributed by atoms with E-state index in [0.29, 0.717) is 16.9 Å². The third-order valence-electron chi connectivity index (χ3n) is 5.27. The van der Waals surface area contributed by atoms with E-state index in [2.05, 4.69) is 10.6 Å². The number of fused-ring (bicyclic) bond motifs is 1. The molecular formula is C28H32N2O8. The zero-order valence-electron chi connectivity index (χ0n) is 21.6. The van der Waals surface area contributed by atoms with E-state index in [0.717, 1.165) is 0 Å². The van der Waals surface area contributed by atoms with E-state index in [1.54, 1.807) is 87.5 Å². The molecule has 2 atom stereocenters. The van der Waals surface area contributed by atoms with Gasteiger partial charge in [0.25, 0.3) is 0 Å². The van der Waals surface area contributed by atoms with Crippen LogP contribution in [0.3, 0.4) is 0 Å². The predicted octanol–water partition coefficient (Wildman–Crippen LogP) is 4.17. The Kier molecular flexibility index (Phi) is 9.86. The molecule has 10 heteroatoms. The van der Waals surface area contributed by atoms with Crippen LogP contribution in [-0.4, -0.2) is 41.8 Å². The molecule has 0 bridgehead atoms. The molecule has 2 aromatic rings. The number of esters is 2. The molecule has 0 spiro atoms. The summed E-state index contributed by atoms with van der Waals surface area (Å²) < 4.78 is 21.5. The standard InChI is InChI=1S/C28H32N2O8/c1-28(2,3)38-27(34)30-22-15-9-10-16-23(25(32)37-21-13-5-4-6-14-21)29-26(33)36-18-20-12-8-7-11-19(20)17-35-24(22)31/h4-14,22-23H,15-18H2,1-3H3,(H,29,33)(H,30,34)/b10-9+/t22-,23-/m0/s1. The lowest BCUT2D eigenvalue weighted by Crippen LogP contribution is -2.44. The van der Waals surface area contributed by atoms with Crippen molar-refractivity contribution in [3.8, 4) is 5.75 Å². The number of benzene rings is 2. The molecule has 202 valence electrons. The number of alkyl carbamates (subject to hydrolysis) is 2. The van der Waals surface area contributed by atoms with Gasteiger partial charge in [-0.2, -0.15) is 0 Å². The highest BCUT2D eigenvalue weighted by molar-refractivity contribution is 5.83. The second kappa shape index (κ2) is 13.3. The molecule has 2 aromatic carbocycles. The number of ether oxygens (including phenoxy) is 4. The van der Waals surface area contributed by atoms with Crippen molar-refractivity contribution in [1.82, 2.24) is 10.6 Å². The third kappa shape index (κ3) is 9.27. The summed E-state index contributed by atoms with van der Waals surface area (Å²) in [7, 11) is 0. The highest BCUT2D eigenvalue weighted by atomic mass is 16.6. The average Bonchev–Trinajstić information content (AvgIpc) is 2.86. The van der Waals surface area contributed by atoms with Crippen LogP contribution in [0, 0.1) is 0 Å². The molecule has 1 heterocycles. The molecule has 3 rings (SSSR count). The number of nitrogens with one attached hydrogen (secondary N) is 2. The van der Waals surface area contributed by atoms with Gasteiger partial charge in [0, 0.05) is 0 Å². The van der Waals surface area contributed by atoms with Gasteiger partial charge in [-0.15, -0.1) is 0 Å². The van der Waals surface area contributed by atoms with Gasteiger partial charge in [0.2, 0.25) is 0 Å². The van der Waals surface area contributed by atoms with Crippen molar-refractivity contribution in [3.63, 3.8) is 0 Å². The first kappa shape index (κ1) is 28.2. The van der Waals surface area contributed by atoms with Gasteiger partial charge >= 0.3 is 24.1 Å². The molecular weight excluding hydrogens is 492 g/mol. The zero-order chi connectivity index (χ0) is 27.5. The maximum absolute atomic E-state index is 12.9. The van der Waals surface area contributed by atoms with Crippen LogP contribution in [0.15, 0.2) is 66.7 Å². The van der Waals surface area contributed by atoms with Crippen LogP contribution in [0.5, 0.6) is 5.75 Å². The van der Waals surface area contributed by atoms with E-state index >= 15 is 0 Å². The summed E-state index contributed by atoms with van der Waals surface area (Å²) in [5.41, 5.74) is 0.478. The Bertz CT molecular complexity index is 1160. The van der Waals surface area contributed by atoms with E-state index in [-0.39, 0.29) is 26.1 Å². The Morgan fingerprint density at radius 1 is 0.895 bits per heavy atom. The zero-order valence-corrected chi connectivity index (χ0v) is 21.6. The number of hydrogen-bond acceptors (Lipinski definition) is 8. The smallest absolute Gasteiger partial charge is 0.408 e. The summed E-state index contributed by atoms with van der Waals surface area (Å²) in [5.74, 6) is -1.03. The first-order valence-electron chi connectivity index (χ1n) is 12.2. The lowest BCUT2D eigenvalue weighted by molar-refractivity contribution is -0.147. The van der Waals surface area contributed by atoms with E-state index < -0.39 is 41.8 Å². The Balaban J connectivity index is 1.81. The molecule has 0 fully saturated rings. The van der Waals surface area contributed by atoms with Gasteiger partial charge in [-0.05, 0) is 56.9 Å². The number of carbonyl (C=O) groups excluding carboxylic acids is 4. The Labute approximate surface area is 221 Å². The molecule has 0 saturated heterocycles. The lowest BCUT2D eigenvalue weighted by Gasteiger charge is -2.22. The minimum absolute atomic E-state index is 0.0472. The number of para-hydroxylation sites is 1. The summed E-state index contributed by atoms with van der Waals surface area (Å²) in [6, 6.07) is 13.3. The van der Waals surface area contributed by atoms with Crippen molar-refractivity contribution in [2.45, 2.75) is 64.5 Å². The minimum Gasteiger partial charge on any atom is -0.459 e. The SMILES string of the molecule is CC(C)(C)OC(=O)N[C@H]1C/C=C/C[C@@H](C(=O)Oc2ccccc2)NC(=O)OCc2ccccc2COC1=O. The highest BCUT2D eigenvalue weighted by Gasteiger charge is 2.26. The average molecular weight is 525 g/mol. The number of amides is 2. The normalized spacial score (nSPS) is 19.7. The fourth-order valence-electron chi connectivity index (χ4n) is 3.43. The number of hydrogen-bond donors (Lipinski definition) is 2. The largest absolute Gasteiger partial charge is 0.459 e. The van der Waals surface area contributed by atoms with Gasteiger partial charge in [-0.1, -0.05) is 54.6 Å². The van der Waals surface area contributed by atoms with Crippen molar-refractivity contribution in [2.75, 3.05) is 0 Å². The van der Waals surface area contributed by atoms with Crippen molar-refractivity contribution >= 4 is 24.1 Å². The van der Waals surface area contributed by atoms with Gasteiger partial charge in [0.05, 0.1) is 0 Å². The summed E-state index contributed by atoms with van der Waals surface area (Å²) in [6.07, 6.45) is 1.74. The van der Waals surface area contributed by atoms with E-state index in [1.165, 1.54) is 0 Å². The number of cyclic esters (lactones) is 2. The highest BCUT2D eigenvalue weighted by Crippen LogP contribution is 2.15. The Hall–Kier alpha value is -4.34. The lowest BCUT2D eigenvalue weighted by atomic mass is 10.1. The summed E-state index contributed by atoms with van der Waals surface area (Å²) in [4.78, 5) is 50.6. The van der Waals surface area contributed by atoms with Crippen molar-refractivity contribution in [2.24, 2.45) is 0 Å². The molecule has 1 aliphatic heterocycles. The molecule has 1 aliphatic rings. The van der Waals surface area contributed by atoms with Crippen LogP contribution < -0.4 is 15.4 Å². The summed E-state index contributed by atoms with van der Waals surface area (Å²) in [5, 5.41) is 5.08. The molecule has 0 aliphatic carbocycles. The maximum Gasteiger partial charge on any atom is 0.408 e. The van der Waals surface area contributed by atoms with E-state index in [9.17, 15) is 19.2 Å². The topological polar surface area (TPSA) is 129 Å². The molecule has 0 unspecified atom stereocenters. The molecule has 38 heavy (non-hydrogen) atoms. The fraction of sp³-hybridized carbons (Fsp3) is 0.357.